The molecule has 0 bridgehead atoms. The van der Waals surface area contributed by atoms with E-state index in [9.17, 15) is 14.4 Å². The molecule has 7 heteroatoms. The number of methoxy groups -OCH3 is 1. The van der Waals surface area contributed by atoms with Crippen LogP contribution in [-0.2, 0) is 14.4 Å². The van der Waals surface area contributed by atoms with E-state index in [1.165, 1.54) is 0 Å². The summed E-state index contributed by atoms with van der Waals surface area (Å²) < 4.78 is 5.27. The third-order valence-corrected chi connectivity index (χ3v) is 6.50. The van der Waals surface area contributed by atoms with E-state index in [-0.39, 0.29) is 30.2 Å². The molecule has 0 saturated carbocycles. The summed E-state index contributed by atoms with van der Waals surface area (Å²) in [4.78, 5) is 41.7. The summed E-state index contributed by atoms with van der Waals surface area (Å²) in [6.07, 6.45) is 3.50. The summed E-state index contributed by atoms with van der Waals surface area (Å²) in [6.45, 7) is 3.45. The van der Waals surface area contributed by atoms with Gasteiger partial charge in [0.1, 0.15) is 5.75 Å². The van der Waals surface area contributed by atoms with E-state index in [1.807, 2.05) is 53.4 Å². The highest BCUT2D eigenvalue weighted by molar-refractivity contribution is 5.99. The molecule has 2 aromatic carbocycles. The van der Waals surface area contributed by atoms with E-state index < -0.39 is 5.92 Å². The van der Waals surface area contributed by atoms with Gasteiger partial charge in [0, 0.05) is 37.3 Å². The van der Waals surface area contributed by atoms with Crippen molar-refractivity contribution in [2.75, 3.05) is 30.4 Å². The van der Waals surface area contributed by atoms with Crippen LogP contribution in [0.3, 0.4) is 0 Å². The van der Waals surface area contributed by atoms with E-state index in [2.05, 4.69) is 12.2 Å². The minimum absolute atomic E-state index is 0.00677. The lowest BCUT2D eigenvalue weighted by Crippen LogP contribution is -2.33. The Kier molecular flexibility index (Phi) is 6.96. The zero-order valence-corrected chi connectivity index (χ0v) is 19.3. The normalized spacial score (nSPS) is 20.4. The molecule has 0 unspecified atom stereocenters. The summed E-state index contributed by atoms with van der Waals surface area (Å²) in [5.41, 5.74) is 2.43. The van der Waals surface area contributed by atoms with Crippen LogP contribution in [0.15, 0.2) is 48.5 Å². The smallest absolute Gasteiger partial charge is 0.230 e. The minimum atomic E-state index is -0.484. The van der Waals surface area contributed by atoms with Crippen LogP contribution in [0.25, 0.3) is 0 Å². The van der Waals surface area contributed by atoms with Crippen molar-refractivity contribution in [3.8, 4) is 5.75 Å². The first-order chi connectivity index (χ1) is 16.0. The molecule has 0 spiro atoms. The first-order valence-corrected chi connectivity index (χ1v) is 11.7. The molecule has 2 aromatic rings. The Bertz CT molecular complexity index is 1000. The highest BCUT2D eigenvalue weighted by Crippen LogP contribution is 2.39. The highest BCUT2D eigenvalue weighted by atomic mass is 16.5. The predicted molar refractivity (Wildman–Crippen MR) is 127 cm³/mol. The fraction of sp³-hybridized carbons (Fsp3) is 0.423. The lowest BCUT2D eigenvalue weighted by molar-refractivity contribution is -0.129. The monoisotopic (exact) mass is 449 g/mol. The molecular weight excluding hydrogens is 418 g/mol. The van der Waals surface area contributed by atoms with Crippen LogP contribution in [0.2, 0.25) is 0 Å². The standard InChI is InChI=1S/C26H31N3O4/c1-3-4-15-29-24(31)17-22(25(29)18-7-13-21(33-2)14-8-18)26(32)27-19-9-11-20(12-10-19)28-16-5-6-23(28)30/h7-14,22,25H,3-6,15-17H2,1-2H3,(H,27,32)/t22-,25+/m1/s1. The van der Waals surface area contributed by atoms with Gasteiger partial charge in [-0.05, 0) is 54.8 Å². The minimum Gasteiger partial charge on any atom is -0.497 e. The SMILES string of the molecule is CCCCN1C(=O)C[C@@H](C(=O)Nc2ccc(N3CCCC3=O)cc2)[C@@H]1c1ccc(OC)cc1. The van der Waals surface area contributed by atoms with Gasteiger partial charge >= 0.3 is 0 Å². The van der Waals surface area contributed by atoms with Gasteiger partial charge in [0.25, 0.3) is 0 Å². The second-order valence-electron chi connectivity index (χ2n) is 8.65. The number of rotatable bonds is 8. The molecule has 1 N–H and O–H groups in total. The number of benzene rings is 2. The number of likely N-dealkylation sites (tertiary alicyclic amines) is 1. The van der Waals surface area contributed by atoms with Gasteiger partial charge in [0.2, 0.25) is 17.7 Å². The quantitative estimate of drug-likeness (QED) is 0.657. The van der Waals surface area contributed by atoms with Crippen LogP contribution in [0, 0.1) is 5.92 Å². The molecule has 0 aliphatic carbocycles. The van der Waals surface area contributed by atoms with Gasteiger partial charge in [-0.1, -0.05) is 25.5 Å². The van der Waals surface area contributed by atoms with Crippen molar-refractivity contribution in [1.29, 1.82) is 0 Å². The van der Waals surface area contributed by atoms with Crippen LogP contribution in [0.1, 0.15) is 50.6 Å². The molecule has 0 radical (unpaired) electrons. The van der Waals surface area contributed by atoms with E-state index in [0.717, 1.165) is 42.8 Å². The maximum Gasteiger partial charge on any atom is 0.230 e. The Balaban J connectivity index is 1.52. The molecule has 2 saturated heterocycles. The van der Waals surface area contributed by atoms with Crippen molar-refractivity contribution in [3.63, 3.8) is 0 Å². The number of carbonyl (C=O) groups is 3. The number of nitrogens with zero attached hydrogens (tertiary/aromatic N) is 2. The number of carbonyl (C=O) groups excluding carboxylic acids is 3. The number of amides is 3. The molecule has 7 nitrogen and oxygen atoms in total. The number of ether oxygens (including phenoxy) is 1. The Labute approximate surface area is 194 Å². The first kappa shape index (κ1) is 22.8. The number of unbranched alkanes of at least 4 members (excludes halogenated alkanes) is 1. The number of hydrogen-bond donors (Lipinski definition) is 1. The Morgan fingerprint density at radius 1 is 1.06 bits per heavy atom. The third kappa shape index (κ3) is 4.87. The van der Waals surface area contributed by atoms with Crippen molar-refractivity contribution >= 4 is 29.1 Å². The molecule has 174 valence electrons. The Morgan fingerprint density at radius 2 is 1.79 bits per heavy atom. The van der Waals surface area contributed by atoms with Crippen molar-refractivity contribution in [2.45, 2.75) is 45.1 Å². The van der Waals surface area contributed by atoms with Gasteiger partial charge in [0.15, 0.2) is 0 Å². The number of hydrogen-bond acceptors (Lipinski definition) is 4. The molecule has 33 heavy (non-hydrogen) atoms. The number of anilines is 2. The van der Waals surface area contributed by atoms with Gasteiger partial charge < -0.3 is 19.9 Å². The van der Waals surface area contributed by atoms with Gasteiger partial charge in [-0.3, -0.25) is 14.4 Å². The third-order valence-electron chi connectivity index (χ3n) is 6.50. The fourth-order valence-corrected chi connectivity index (χ4v) is 4.71. The zero-order chi connectivity index (χ0) is 23.4. The van der Waals surface area contributed by atoms with E-state index in [4.69, 9.17) is 4.74 Å². The average molecular weight is 450 g/mol. The Hall–Kier alpha value is -3.35. The van der Waals surface area contributed by atoms with Crippen LogP contribution in [0.4, 0.5) is 11.4 Å². The molecule has 2 aliphatic heterocycles. The largest absolute Gasteiger partial charge is 0.497 e. The molecule has 2 aliphatic rings. The van der Waals surface area contributed by atoms with Crippen LogP contribution in [-0.4, -0.2) is 42.8 Å². The molecule has 4 rings (SSSR count). The molecular formula is C26H31N3O4. The maximum atomic E-state index is 13.3. The molecule has 2 heterocycles. The van der Waals surface area contributed by atoms with Crippen LogP contribution in [0.5, 0.6) is 5.75 Å². The lowest BCUT2D eigenvalue weighted by Gasteiger charge is -2.28. The number of nitrogens with one attached hydrogen (secondary N) is 1. The van der Waals surface area contributed by atoms with Gasteiger partial charge in [-0.2, -0.15) is 0 Å². The van der Waals surface area contributed by atoms with Gasteiger partial charge in [-0.25, -0.2) is 0 Å². The average Bonchev–Trinajstić information content (AvgIpc) is 3.41. The zero-order valence-electron chi connectivity index (χ0n) is 19.3. The van der Waals surface area contributed by atoms with E-state index in [0.29, 0.717) is 18.7 Å². The molecule has 3 amide bonds. The van der Waals surface area contributed by atoms with Crippen LogP contribution < -0.4 is 15.0 Å². The van der Waals surface area contributed by atoms with Gasteiger partial charge in [-0.15, -0.1) is 0 Å². The second-order valence-corrected chi connectivity index (χ2v) is 8.65. The van der Waals surface area contributed by atoms with Crippen molar-refractivity contribution in [2.24, 2.45) is 5.92 Å². The van der Waals surface area contributed by atoms with Crippen LogP contribution >= 0.6 is 0 Å². The summed E-state index contributed by atoms with van der Waals surface area (Å²) >= 11 is 0. The summed E-state index contributed by atoms with van der Waals surface area (Å²) in [5, 5.41) is 2.99. The lowest BCUT2D eigenvalue weighted by atomic mass is 9.92. The molecule has 0 aromatic heterocycles. The molecule has 2 atom stereocenters. The highest BCUT2D eigenvalue weighted by Gasteiger charge is 2.44. The van der Waals surface area contributed by atoms with E-state index >= 15 is 0 Å². The summed E-state index contributed by atoms with van der Waals surface area (Å²) in [5.74, 6) is 0.217. The van der Waals surface area contributed by atoms with Crippen molar-refractivity contribution in [3.05, 3.63) is 54.1 Å². The van der Waals surface area contributed by atoms with E-state index in [1.54, 1.807) is 12.0 Å². The summed E-state index contributed by atoms with van der Waals surface area (Å²) in [7, 11) is 1.61. The van der Waals surface area contributed by atoms with Crippen molar-refractivity contribution < 1.29 is 19.1 Å². The predicted octanol–water partition coefficient (Wildman–Crippen LogP) is 4.15. The Morgan fingerprint density at radius 3 is 2.39 bits per heavy atom. The molecule has 2 fully saturated rings. The van der Waals surface area contributed by atoms with Crippen molar-refractivity contribution in [1.82, 2.24) is 4.90 Å². The topological polar surface area (TPSA) is 79.0 Å². The maximum absolute atomic E-state index is 13.3. The van der Waals surface area contributed by atoms with Gasteiger partial charge in [0.05, 0.1) is 19.1 Å². The second kappa shape index (κ2) is 10.1. The fourth-order valence-electron chi connectivity index (χ4n) is 4.71. The first-order valence-electron chi connectivity index (χ1n) is 11.7. The summed E-state index contributed by atoms with van der Waals surface area (Å²) in [6, 6.07) is 14.6.